The summed E-state index contributed by atoms with van der Waals surface area (Å²) in [4.78, 5) is 12.9. The number of hydrogen-bond acceptors (Lipinski definition) is 6. The van der Waals surface area contributed by atoms with Gasteiger partial charge in [-0.05, 0) is 36.2 Å². The molecule has 0 fully saturated rings. The molecule has 0 unspecified atom stereocenters. The Kier molecular flexibility index (Phi) is 6.19. The van der Waals surface area contributed by atoms with Gasteiger partial charge >= 0.3 is 6.18 Å². The standard InChI is InChI=1S/C19H18F3N5O3/c1-29-15-8-3-5-11(16(15)30-2)9-14(17-24-26-27-25-17)18(28)23-13-7-4-6-12(10-13)19(20,21)22/h3-8,10,14H,9H2,1-2H3,(H,23,28)(H,24,25,26,27)/t14-/m0/s1. The average Bonchev–Trinajstić information content (AvgIpc) is 3.25. The molecular formula is C19H18F3N5O3. The Morgan fingerprint density at radius 2 is 1.93 bits per heavy atom. The van der Waals surface area contributed by atoms with Gasteiger partial charge in [0.05, 0.1) is 19.8 Å². The lowest BCUT2D eigenvalue weighted by Gasteiger charge is -2.17. The fraction of sp³-hybridized carbons (Fsp3) is 0.263. The van der Waals surface area contributed by atoms with Gasteiger partial charge in [-0.2, -0.15) is 18.4 Å². The molecule has 0 aliphatic heterocycles. The Morgan fingerprint density at radius 1 is 1.17 bits per heavy atom. The number of anilines is 1. The predicted molar refractivity (Wildman–Crippen MR) is 100 cm³/mol. The number of hydrogen-bond donors (Lipinski definition) is 2. The molecule has 1 amide bonds. The normalized spacial score (nSPS) is 12.3. The van der Waals surface area contributed by atoms with Crippen LogP contribution in [0.5, 0.6) is 11.5 Å². The van der Waals surface area contributed by atoms with Gasteiger partial charge in [0.15, 0.2) is 17.3 Å². The van der Waals surface area contributed by atoms with Crippen molar-refractivity contribution in [1.29, 1.82) is 0 Å². The van der Waals surface area contributed by atoms with Crippen LogP contribution in [-0.2, 0) is 17.4 Å². The lowest BCUT2D eigenvalue weighted by molar-refractivity contribution is -0.137. The average molecular weight is 421 g/mol. The van der Waals surface area contributed by atoms with Gasteiger partial charge in [-0.25, -0.2) is 0 Å². The van der Waals surface area contributed by atoms with E-state index in [2.05, 4.69) is 25.9 Å². The maximum Gasteiger partial charge on any atom is 0.416 e. The van der Waals surface area contributed by atoms with Crippen LogP contribution in [0.2, 0.25) is 0 Å². The molecule has 0 saturated heterocycles. The molecule has 0 spiro atoms. The van der Waals surface area contributed by atoms with Crippen LogP contribution in [0.1, 0.15) is 22.9 Å². The molecule has 0 saturated carbocycles. The van der Waals surface area contributed by atoms with Crippen LogP contribution >= 0.6 is 0 Å². The minimum absolute atomic E-state index is 0.000858. The second-order valence-electron chi connectivity index (χ2n) is 6.25. The molecule has 30 heavy (non-hydrogen) atoms. The van der Waals surface area contributed by atoms with Crippen LogP contribution in [0.25, 0.3) is 0 Å². The number of ether oxygens (including phenoxy) is 2. The molecule has 0 aliphatic rings. The van der Waals surface area contributed by atoms with Gasteiger partial charge in [0.2, 0.25) is 5.91 Å². The SMILES string of the molecule is COc1cccc(C[C@H](C(=O)Nc2cccc(C(F)(F)F)c2)c2nn[nH]n2)c1OC. The zero-order valence-corrected chi connectivity index (χ0v) is 16.0. The second-order valence-corrected chi connectivity index (χ2v) is 6.25. The summed E-state index contributed by atoms with van der Waals surface area (Å²) in [5.74, 6) is -0.551. The Bertz CT molecular complexity index is 1010. The lowest BCUT2D eigenvalue weighted by atomic mass is 9.96. The number of alkyl halides is 3. The molecule has 0 radical (unpaired) electrons. The molecular weight excluding hydrogens is 403 g/mol. The summed E-state index contributed by atoms with van der Waals surface area (Å²) in [7, 11) is 2.95. The molecule has 1 heterocycles. The molecule has 1 atom stereocenters. The minimum Gasteiger partial charge on any atom is -0.493 e. The Labute approximate surface area is 169 Å². The number of carbonyl (C=O) groups excluding carboxylic acids is 1. The van der Waals surface area contributed by atoms with Gasteiger partial charge in [0.25, 0.3) is 0 Å². The molecule has 11 heteroatoms. The Hall–Kier alpha value is -3.63. The first-order valence-corrected chi connectivity index (χ1v) is 8.74. The highest BCUT2D eigenvalue weighted by molar-refractivity contribution is 5.95. The van der Waals surface area contributed by atoms with Gasteiger partial charge in [0, 0.05) is 5.69 Å². The minimum atomic E-state index is -4.53. The highest BCUT2D eigenvalue weighted by Crippen LogP contribution is 2.34. The monoisotopic (exact) mass is 421 g/mol. The van der Waals surface area contributed by atoms with Crippen LogP contribution in [-0.4, -0.2) is 40.8 Å². The number of benzene rings is 2. The third-order valence-corrected chi connectivity index (χ3v) is 4.36. The van der Waals surface area contributed by atoms with E-state index in [1.165, 1.54) is 26.4 Å². The summed E-state index contributed by atoms with van der Waals surface area (Å²) in [5.41, 5.74) is -0.238. The summed E-state index contributed by atoms with van der Waals surface area (Å²) in [5, 5.41) is 16.0. The van der Waals surface area contributed by atoms with E-state index in [4.69, 9.17) is 9.47 Å². The smallest absolute Gasteiger partial charge is 0.416 e. The maximum absolute atomic E-state index is 13.0. The summed E-state index contributed by atoms with van der Waals surface area (Å²) in [6, 6.07) is 9.54. The summed E-state index contributed by atoms with van der Waals surface area (Å²) in [6.45, 7) is 0. The molecule has 0 aliphatic carbocycles. The predicted octanol–water partition coefficient (Wildman–Crippen LogP) is 3.20. The van der Waals surface area contributed by atoms with Crippen LogP contribution in [0.4, 0.5) is 18.9 Å². The highest BCUT2D eigenvalue weighted by Gasteiger charge is 2.31. The van der Waals surface area contributed by atoms with Crippen molar-refractivity contribution in [3.05, 3.63) is 59.4 Å². The van der Waals surface area contributed by atoms with Crippen molar-refractivity contribution in [1.82, 2.24) is 20.6 Å². The molecule has 2 aromatic carbocycles. The number of amides is 1. The number of halogens is 3. The summed E-state index contributed by atoms with van der Waals surface area (Å²) < 4.78 is 49.5. The van der Waals surface area contributed by atoms with Gasteiger partial charge in [-0.3, -0.25) is 4.79 Å². The number of carbonyl (C=O) groups is 1. The number of para-hydroxylation sites is 1. The topological polar surface area (TPSA) is 102 Å². The third kappa shape index (κ3) is 4.67. The number of nitrogens with one attached hydrogen (secondary N) is 2. The maximum atomic E-state index is 13.0. The molecule has 158 valence electrons. The van der Waals surface area contributed by atoms with E-state index in [1.54, 1.807) is 18.2 Å². The van der Waals surface area contributed by atoms with Gasteiger partial charge in [-0.1, -0.05) is 23.4 Å². The summed E-state index contributed by atoms with van der Waals surface area (Å²) in [6.07, 6.45) is -4.42. The van der Waals surface area contributed by atoms with E-state index in [0.717, 1.165) is 12.1 Å². The van der Waals surface area contributed by atoms with Crippen LogP contribution in [0, 0.1) is 0 Å². The molecule has 0 bridgehead atoms. The third-order valence-electron chi connectivity index (χ3n) is 4.36. The van der Waals surface area contributed by atoms with Crippen molar-refractivity contribution in [2.24, 2.45) is 0 Å². The van der Waals surface area contributed by atoms with Crippen LogP contribution < -0.4 is 14.8 Å². The zero-order chi connectivity index (χ0) is 21.7. The van der Waals surface area contributed by atoms with Crippen molar-refractivity contribution < 1.29 is 27.4 Å². The number of methoxy groups -OCH3 is 2. The molecule has 2 N–H and O–H groups in total. The second kappa shape index (κ2) is 8.80. The van der Waals surface area contributed by atoms with Gasteiger partial charge < -0.3 is 14.8 Å². The lowest BCUT2D eigenvalue weighted by Crippen LogP contribution is -2.24. The first-order chi connectivity index (χ1) is 14.3. The largest absolute Gasteiger partial charge is 0.493 e. The number of tetrazole rings is 1. The van der Waals surface area contributed by atoms with Gasteiger partial charge in [0.1, 0.15) is 5.92 Å². The fourth-order valence-electron chi connectivity index (χ4n) is 2.96. The van der Waals surface area contributed by atoms with E-state index in [-0.39, 0.29) is 17.9 Å². The molecule has 3 rings (SSSR count). The van der Waals surface area contributed by atoms with Crippen LogP contribution in [0.3, 0.4) is 0 Å². The number of aromatic nitrogens is 4. The number of H-pyrrole nitrogens is 1. The van der Waals surface area contributed by atoms with Crippen molar-refractivity contribution in [2.45, 2.75) is 18.5 Å². The molecule has 1 aromatic heterocycles. The molecule has 3 aromatic rings. The quantitative estimate of drug-likeness (QED) is 0.608. The first-order valence-electron chi connectivity index (χ1n) is 8.74. The number of aromatic amines is 1. The van der Waals surface area contributed by atoms with Gasteiger partial charge in [-0.15, -0.1) is 10.2 Å². The highest BCUT2D eigenvalue weighted by atomic mass is 19.4. The van der Waals surface area contributed by atoms with Crippen molar-refractivity contribution in [3.63, 3.8) is 0 Å². The number of rotatable bonds is 7. The van der Waals surface area contributed by atoms with E-state index in [9.17, 15) is 18.0 Å². The fourth-order valence-corrected chi connectivity index (χ4v) is 2.96. The summed E-state index contributed by atoms with van der Waals surface area (Å²) >= 11 is 0. The van der Waals surface area contributed by atoms with E-state index in [0.29, 0.717) is 17.1 Å². The zero-order valence-electron chi connectivity index (χ0n) is 16.0. The number of nitrogens with zero attached hydrogens (tertiary/aromatic N) is 3. The van der Waals surface area contributed by atoms with Crippen molar-refractivity contribution in [3.8, 4) is 11.5 Å². The van der Waals surface area contributed by atoms with Crippen molar-refractivity contribution in [2.75, 3.05) is 19.5 Å². The van der Waals surface area contributed by atoms with E-state index < -0.39 is 23.6 Å². The van der Waals surface area contributed by atoms with E-state index >= 15 is 0 Å². The van der Waals surface area contributed by atoms with E-state index in [1.807, 2.05) is 0 Å². The first kappa shape index (κ1) is 21.1. The Balaban J connectivity index is 1.90. The van der Waals surface area contributed by atoms with Crippen molar-refractivity contribution >= 4 is 11.6 Å². The van der Waals surface area contributed by atoms with Crippen LogP contribution in [0.15, 0.2) is 42.5 Å². The molecule has 8 nitrogen and oxygen atoms in total. The Morgan fingerprint density at radius 3 is 2.57 bits per heavy atom.